The van der Waals surface area contributed by atoms with Crippen LogP contribution in [0.5, 0.6) is 5.75 Å². The van der Waals surface area contributed by atoms with Gasteiger partial charge in [0.05, 0.1) is 7.11 Å². The van der Waals surface area contributed by atoms with Crippen molar-refractivity contribution in [2.24, 2.45) is 0 Å². The van der Waals surface area contributed by atoms with Crippen molar-refractivity contribution in [3.63, 3.8) is 0 Å². The summed E-state index contributed by atoms with van der Waals surface area (Å²) in [6.45, 7) is 7.60. The molecule has 0 aliphatic carbocycles. The van der Waals surface area contributed by atoms with Gasteiger partial charge in [-0.15, -0.1) is 0 Å². The van der Waals surface area contributed by atoms with Gasteiger partial charge >= 0.3 is 0 Å². The Morgan fingerprint density at radius 1 is 0.829 bits per heavy atom. The molecular formula is C30H35N3O2. The van der Waals surface area contributed by atoms with E-state index in [1.165, 1.54) is 27.9 Å². The summed E-state index contributed by atoms with van der Waals surface area (Å²) >= 11 is 0. The molecule has 5 nitrogen and oxygen atoms in total. The molecular weight excluding hydrogens is 434 g/mol. The topological polar surface area (TPSA) is 36.0 Å². The van der Waals surface area contributed by atoms with E-state index < -0.39 is 0 Å². The number of likely N-dealkylation sites (N-methyl/N-ethyl adjacent to an activating group) is 1. The second-order valence-corrected chi connectivity index (χ2v) is 9.64. The number of anilines is 1. The Morgan fingerprint density at radius 2 is 1.49 bits per heavy atom. The summed E-state index contributed by atoms with van der Waals surface area (Å²) in [5.41, 5.74) is 8.12. The van der Waals surface area contributed by atoms with E-state index >= 15 is 0 Å². The molecule has 0 N–H and O–H groups in total. The molecule has 3 aromatic carbocycles. The molecule has 0 spiro atoms. The van der Waals surface area contributed by atoms with E-state index in [4.69, 9.17) is 4.74 Å². The number of piperazine rings is 1. The van der Waals surface area contributed by atoms with Crippen LogP contribution >= 0.6 is 0 Å². The summed E-state index contributed by atoms with van der Waals surface area (Å²) in [6.07, 6.45) is 1.85. The van der Waals surface area contributed by atoms with Crippen LogP contribution in [0.3, 0.4) is 0 Å². The Morgan fingerprint density at radius 3 is 2.11 bits per heavy atom. The third kappa shape index (κ3) is 4.78. The van der Waals surface area contributed by atoms with Crippen molar-refractivity contribution in [2.45, 2.75) is 26.3 Å². The van der Waals surface area contributed by atoms with Crippen LogP contribution in [-0.2, 0) is 19.4 Å². The molecule has 0 bridgehead atoms. The van der Waals surface area contributed by atoms with Gasteiger partial charge in [-0.2, -0.15) is 0 Å². The zero-order valence-corrected chi connectivity index (χ0v) is 21.1. The first kappa shape index (κ1) is 23.4. The smallest absolute Gasteiger partial charge is 0.254 e. The molecule has 2 aliphatic rings. The molecule has 2 heterocycles. The van der Waals surface area contributed by atoms with Crippen LogP contribution in [0.2, 0.25) is 0 Å². The highest BCUT2D eigenvalue weighted by Crippen LogP contribution is 2.36. The summed E-state index contributed by atoms with van der Waals surface area (Å²) in [5.74, 6) is 1.03. The predicted molar refractivity (Wildman–Crippen MR) is 142 cm³/mol. The van der Waals surface area contributed by atoms with Gasteiger partial charge in [-0.1, -0.05) is 43.3 Å². The van der Waals surface area contributed by atoms with Crippen molar-refractivity contribution >= 4 is 11.6 Å². The summed E-state index contributed by atoms with van der Waals surface area (Å²) in [5, 5.41) is 0. The highest BCUT2D eigenvalue weighted by atomic mass is 16.5. The molecule has 0 saturated carbocycles. The van der Waals surface area contributed by atoms with Crippen molar-refractivity contribution in [1.82, 2.24) is 9.80 Å². The molecule has 5 rings (SSSR count). The molecule has 0 radical (unpaired) electrons. The Hall–Kier alpha value is -3.31. The molecule has 182 valence electrons. The third-order valence-corrected chi connectivity index (χ3v) is 7.52. The number of hydrogen-bond acceptors (Lipinski definition) is 4. The van der Waals surface area contributed by atoms with Crippen LogP contribution in [-0.4, -0.2) is 62.6 Å². The lowest BCUT2D eigenvalue weighted by molar-refractivity contribution is 0.0734. The van der Waals surface area contributed by atoms with E-state index in [0.29, 0.717) is 13.1 Å². The van der Waals surface area contributed by atoms with Crippen LogP contribution in [0.15, 0.2) is 60.7 Å². The normalized spacial score (nSPS) is 16.2. The minimum atomic E-state index is 0.0932. The molecule has 1 saturated heterocycles. The van der Waals surface area contributed by atoms with E-state index in [0.717, 1.165) is 55.9 Å². The number of carbonyl (C=O) groups excluding carboxylic acids is 1. The van der Waals surface area contributed by atoms with E-state index in [1.807, 2.05) is 17.0 Å². The average molecular weight is 470 g/mol. The third-order valence-electron chi connectivity index (χ3n) is 7.52. The molecule has 0 aromatic heterocycles. The summed E-state index contributed by atoms with van der Waals surface area (Å²) in [6, 6.07) is 21.0. The van der Waals surface area contributed by atoms with E-state index in [-0.39, 0.29) is 5.91 Å². The number of benzene rings is 3. The molecule has 0 atom stereocenters. The minimum Gasteiger partial charge on any atom is -0.496 e. The molecule has 2 aliphatic heterocycles. The number of methoxy groups -OCH3 is 1. The highest BCUT2D eigenvalue weighted by molar-refractivity contribution is 5.95. The average Bonchev–Trinajstić information content (AvgIpc) is 2.92. The minimum absolute atomic E-state index is 0.0932. The maximum Gasteiger partial charge on any atom is 0.254 e. The Bertz CT molecular complexity index is 1180. The van der Waals surface area contributed by atoms with Crippen LogP contribution in [0.4, 0.5) is 5.69 Å². The predicted octanol–water partition coefficient (Wildman–Crippen LogP) is 4.87. The van der Waals surface area contributed by atoms with Crippen molar-refractivity contribution < 1.29 is 9.53 Å². The van der Waals surface area contributed by atoms with Gasteiger partial charge in [0.15, 0.2) is 0 Å². The van der Waals surface area contributed by atoms with Crippen molar-refractivity contribution in [2.75, 3.05) is 51.8 Å². The second-order valence-electron chi connectivity index (χ2n) is 9.64. The fourth-order valence-electron chi connectivity index (χ4n) is 5.26. The van der Waals surface area contributed by atoms with Crippen molar-refractivity contribution in [3.8, 4) is 16.9 Å². The Labute approximate surface area is 208 Å². The number of fused-ring (bicyclic) bond motifs is 1. The lowest BCUT2D eigenvalue weighted by Crippen LogP contribution is -2.45. The first-order chi connectivity index (χ1) is 17.1. The number of rotatable bonds is 5. The fourth-order valence-corrected chi connectivity index (χ4v) is 5.26. The van der Waals surface area contributed by atoms with E-state index in [2.05, 4.69) is 72.3 Å². The maximum absolute atomic E-state index is 13.5. The lowest BCUT2D eigenvalue weighted by Gasteiger charge is -2.38. The number of carbonyl (C=O) groups is 1. The zero-order chi connectivity index (χ0) is 24.4. The molecule has 1 fully saturated rings. The van der Waals surface area contributed by atoms with Crippen LogP contribution in [0.1, 0.15) is 34.0 Å². The number of aryl methyl sites for hydroxylation is 1. The number of ether oxygens (including phenoxy) is 1. The molecule has 0 unspecified atom stereocenters. The lowest BCUT2D eigenvalue weighted by atomic mass is 9.95. The summed E-state index contributed by atoms with van der Waals surface area (Å²) in [7, 11) is 3.91. The fraction of sp³-hybridized carbons (Fsp3) is 0.367. The first-order valence-electron chi connectivity index (χ1n) is 12.7. The number of nitrogens with zero attached hydrogens (tertiary/aromatic N) is 3. The van der Waals surface area contributed by atoms with Gasteiger partial charge in [-0.3, -0.25) is 4.79 Å². The molecule has 3 aromatic rings. The van der Waals surface area contributed by atoms with Gasteiger partial charge in [0, 0.05) is 61.6 Å². The number of hydrogen-bond donors (Lipinski definition) is 0. The summed E-state index contributed by atoms with van der Waals surface area (Å²) in [4.78, 5) is 20.3. The van der Waals surface area contributed by atoms with E-state index in [1.54, 1.807) is 7.11 Å². The van der Waals surface area contributed by atoms with Crippen LogP contribution in [0, 0.1) is 0 Å². The Balaban J connectivity index is 1.36. The molecule has 5 heteroatoms. The van der Waals surface area contributed by atoms with Crippen molar-refractivity contribution in [1.29, 1.82) is 0 Å². The first-order valence-corrected chi connectivity index (χ1v) is 12.7. The second kappa shape index (κ2) is 10.1. The van der Waals surface area contributed by atoms with Gasteiger partial charge in [0.25, 0.3) is 5.91 Å². The van der Waals surface area contributed by atoms with Gasteiger partial charge in [-0.25, -0.2) is 0 Å². The van der Waals surface area contributed by atoms with Gasteiger partial charge in [0.1, 0.15) is 5.75 Å². The van der Waals surface area contributed by atoms with Gasteiger partial charge in [-0.05, 0) is 60.8 Å². The summed E-state index contributed by atoms with van der Waals surface area (Å²) < 4.78 is 5.69. The standard InChI is InChI=1S/C30H35N3O2/c1-4-22-5-7-23(8-6-22)24-9-11-25(12-10-24)30(34)33-16-15-26-27(21-33)28(13-14-29(26)35-3)32-19-17-31(2)18-20-32/h5-14H,4,15-21H2,1-3H3. The maximum atomic E-state index is 13.5. The highest BCUT2D eigenvalue weighted by Gasteiger charge is 2.28. The largest absolute Gasteiger partial charge is 0.496 e. The van der Waals surface area contributed by atoms with Gasteiger partial charge in [0.2, 0.25) is 0 Å². The quantitative estimate of drug-likeness (QED) is 0.534. The number of amides is 1. The van der Waals surface area contributed by atoms with Crippen LogP contribution < -0.4 is 9.64 Å². The Kier molecular flexibility index (Phi) is 6.78. The van der Waals surface area contributed by atoms with Crippen molar-refractivity contribution in [3.05, 3.63) is 82.9 Å². The SMILES string of the molecule is CCc1ccc(-c2ccc(C(=O)N3CCc4c(OC)ccc(N5CCN(C)CC5)c4C3)cc2)cc1. The van der Waals surface area contributed by atoms with Crippen LogP contribution in [0.25, 0.3) is 11.1 Å². The van der Waals surface area contributed by atoms with Gasteiger partial charge < -0.3 is 19.4 Å². The zero-order valence-electron chi connectivity index (χ0n) is 21.1. The molecule has 35 heavy (non-hydrogen) atoms. The monoisotopic (exact) mass is 469 g/mol. The van der Waals surface area contributed by atoms with E-state index in [9.17, 15) is 4.79 Å². The molecule has 1 amide bonds.